The molecule has 1 saturated carbocycles. The number of ether oxygens (including phenoxy) is 1. The van der Waals surface area contributed by atoms with Crippen molar-refractivity contribution in [1.82, 2.24) is 20.6 Å². The van der Waals surface area contributed by atoms with Gasteiger partial charge in [-0.2, -0.15) is 5.26 Å². The Morgan fingerprint density at radius 2 is 1.77 bits per heavy atom. The second-order valence-corrected chi connectivity index (χ2v) is 11.0. The topological polar surface area (TPSA) is 103 Å². The molecule has 2 aliphatic rings. The van der Waals surface area contributed by atoms with Gasteiger partial charge >= 0.3 is 0 Å². The summed E-state index contributed by atoms with van der Waals surface area (Å²) in [7, 11) is 0. The van der Waals surface area contributed by atoms with Crippen LogP contribution in [-0.2, 0) is 0 Å². The van der Waals surface area contributed by atoms with Crippen LogP contribution in [-0.4, -0.2) is 54.2 Å². The molecular formula is C26H33ClN6O2. The molecule has 35 heavy (non-hydrogen) atoms. The second-order valence-electron chi connectivity index (χ2n) is 10.6. The van der Waals surface area contributed by atoms with Gasteiger partial charge in [-0.05, 0) is 26.0 Å². The lowest BCUT2D eigenvalue weighted by molar-refractivity contribution is -0.164. The highest BCUT2D eigenvalue weighted by Crippen LogP contribution is 2.55. The van der Waals surface area contributed by atoms with E-state index in [1.165, 1.54) is 0 Å². The summed E-state index contributed by atoms with van der Waals surface area (Å²) >= 11 is 6.19. The van der Waals surface area contributed by atoms with Gasteiger partial charge in [-0.3, -0.25) is 4.79 Å². The van der Waals surface area contributed by atoms with Crippen molar-refractivity contribution in [2.24, 2.45) is 10.8 Å². The number of aryl methyl sites for hydroxylation is 2. The molecule has 0 unspecified atom stereocenters. The maximum atomic E-state index is 13.4. The molecule has 1 aromatic carbocycles. The summed E-state index contributed by atoms with van der Waals surface area (Å²) < 4.78 is 6.33. The van der Waals surface area contributed by atoms with Crippen LogP contribution in [0.25, 0.3) is 0 Å². The minimum atomic E-state index is -0.344. The quantitative estimate of drug-likeness (QED) is 0.651. The van der Waals surface area contributed by atoms with Gasteiger partial charge in [0.05, 0.1) is 27.5 Å². The van der Waals surface area contributed by atoms with E-state index in [1.54, 1.807) is 18.2 Å². The number of anilines is 1. The van der Waals surface area contributed by atoms with E-state index in [9.17, 15) is 4.79 Å². The van der Waals surface area contributed by atoms with Crippen molar-refractivity contribution in [3.05, 3.63) is 45.7 Å². The number of nitrogens with zero attached hydrogens (tertiary/aromatic N) is 4. The van der Waals surface area contributed by atoms with E-state index in [2.05, 4.69) is 59.3 Å². The molecule has 186 valence electrons. The molecule has 1 aliphatic carbocycles. The average molecular weight is 497 g/mol. The van der Waals surface area contributed by atoms with Crippen molar-refractivity contribution in [3.63, 3.8) is 0 Å². The normalized spacial score (nSPS) is 22.6. The Morgan fingerprint density at radius 3 is 2.31 bits per heavy atom. The lowest BCUT2D eigenvalue weighted by atomic mass is 9.49. The number of benzene rings is 1. The Labute approximate surface area is 212 Å². The first kappa shape index (κ1) is 25.2. The van der Waals surface area contributed by atoms with Crippen LogP contribution in [0.1, 0.15) is 55.0 Å². The van der Waals surface area contributed by atoms with Crippen molar-refractivity contribution < 1.29 is 9.53 Å². The molecule has 2 aromatic rings. The first-order valence-corrected chi connectivity index (χ1v) is 12.3. The number of rotatable bonds is 5. The molecule has 1 saturated heterocycles. The van der Waals surface area contributed by atoms with E-state index in [4.69, 9.17) is 21.6 Å². The lowest BCUT2D eigenvalue weighted by Gasteiger charge is -2.63. The predicted molar refractivity (Wildman–Crippen MR) is 136 cm³/mol. The third-order valence-electron chi connectivity index (χ3n) is 7.32. The molecule has 0 spiro atoms. The fourth-order valence-corrected chi connectivity index (χ4v) is 6.05. The minimum Gasteiger partial charge on any atom is -0.489 e. The van der Waals surface area contributed by atoms with Gasteiger partial charge in [0.25, 0.3) is 5.91 Å². The zero-order valence-corrected chi connectivity index (χ0v) is 22.0. The second kappa shape index (κ2) is 9.29. The molecule has 1 aromatic heterocycles. The molecule has 1 aliphatic heterocycles. The first-order valence-electron chi connectivity index (χ1n) is 11.9. The maximum absolute atomic E-state index is 13.4. The Bertz CT molecular complexity index is 1140. The Hall–Kier alpha value is -2.89. The van der Waals surface area contributed by atoms with Gasteiger partial charge in [-0.25, -0.2) is 9.97 Å². The van der Waals surface area contributed by atoms with Crippen molar-refractivity contribution >= 4 is 23.5 Å². The van der Waals surface area contributed by atoms with Crippen LogP contribution in [0.2, 0.25) is 5.02 Å². The molecule has 4 rings (SSSR count). The molecule has 2 fully saturated rings. The molecule has 0 radical (unpaired) electrons. The third-order valence-corrected chi connectivity index (χ3v) is 7.63. The van der Waals surface area contributed by atoms with Crippen molar-refractivity contribution in [2.75, 3.05) is 31.1 Å². The molecule has 1 amide bonds. The van der Waals surface area contributed by atoms with Crippen LogP contribution >= 0.6 is 11.6 Å². The Balaban J connectivity index is 1.51. The lowest BCUT2D eigenvalue weighted by Crippen LogP contribution is -2.74. The fraction of sp³-hybridized carbons (Fsp3) is 0.538. The molecule has 8 nitrogen and oxygen atoms in total. The number of carbonyl (C=O) groups excluding carboxylic acids is 1. The molecule has 0 atom stereocenters. The summed E-state index contributed by atoms with van der Waals surface area (Å²) in [5.74, 6) is 1.11. The molecular weight excluding hydrogens is 464 g/mol. The van der Waals surface area contributed by atoms with Crippen LogP contribution in [0.4, 0.5) is 5.95 Å². The molecule has 0 bridgehead atoms. The van der Waals surface area contributed by atoms with E-state index in [0.29, 0.717) is 39.2 Å². The highest BCUT2D eigenvalue weighted by atomic mass is 35.5. The molecule has 9 heteroatoms. The number of piperazine rings is 1. The monoisotopic (exact) mass is 496 g/mol. The van der Waals surface area contributed by atoms with E-state index in [0.717, 1.165) is 26.2 Å². The number of aromatic nitrogens is 2. The standard InChI is InChI=1S/C26H33ClN6O2/c1-15-20(16(2)31-24(30-15)33-11-9-29-10-12-33)21(34)32-22-25(3,4)23(26(22,5)6)35-18-8-7-17(14-28)19(27)13-18/h7-8,13,22-23,29H,9-12H2,1-6H3,(H,32,34). The first-order chi connectivity index (χ1) is 16.5. The van der Waals surface area contributed by atoms with Gasteiger partial charge in [-0.15, -0.1) is 0 Å². The number of nitrogens with one attached hydrogen (secondary N) is 2. The molecule has 2 heterocycles. The van der Waals surface area contributed by atoms with Gasteiger partial charge in [0.15, 0.2) is 0 Å². The van der Waals surface area contributed by atoms with Crippen LogP contribution < -0.4 is 20.3 Å². The van der Waals surface area contributed by atoms with Gasteiger partial charge in [0.2, 0.25) is 5.95 Å². The number of carbonyl (C=O) groups is 1. The Kier molecular flexibility index (Phi) is 6.69. The number of nitriles is 1. The van der Waals surface area contributed by atoms with Crippen molar-refractivity contribution in [3.8, 4) is 11.8 Å². The van der Waals surface area contributed by atoms with Crippen LogP contribution in [0, 0.1) is 36.0 Å². The summed E-state index contributed by atoms with van der Waals surface area (Å²) in [6, 6.07) is 7.01. The van der Waals surface area contributed by atoms with Crippen molar-refractivity contribution in [2.45, 2.75) is 53.7 Å². The fourth-order valence-electron chi connectivity index (χ4n) is 5.83. The minimum absolute atomic E-state index is 0.131. The zero-order valence-electron chi connectivity index (χ0n) is 21.2. The van der Waals surface area contributed by atoms with Crippen LogP contribution in [0.15, 0.2) is 18.2 Å². The van der Waals surface area contributed by atoms with Crippen LogP contribution in [0.5, 0.6) is 5.75 Å². The largest absolute Gasteiger partial charge is 0.489 e. The SMILES string of the molecule is Cc1nc(N2CCNCC2)nc(C)c1C(=O)NC1C(C)(C)C(Oc2ccc(C#N)c(Cl)c2)C1(C)C. The summed E-state index contributed by atoms with van der Waals surface area (Å²) in [5.41, 5.74) is 1.61. The number of halogens is 1. The van der Waals surface area contributed by atoms with Gasteiger partial charge in [0, 0.05) is 49.1 Å². The predicted octanol–water partition coefficient (Wildman–Crippen LogP) is 3.64. The van der Waals surface area contributed by atoms with Gasteiger partial charge in [0.1, 0.15) is 17.9 Å². The highest BCUT2D eigenvalue weighted by molar-refractivity contribution is 6.31. The highest BCUT2D eigenvalue weighted by Gasteiger charge is 2.64. The van der Waals surface area contributed by atoms with Crippen LogP contribution in [0.3, 0.4) is 0 Å². The van der Waals surface area contributed by atoms with E-state index in [1.807, 2.05) is 13.8 Å². The van der Waals surface area contributed by atoms with E-state index in [-0.39, 0.29) is 28.9 Å². The molecule has 2 N–H and O–H groups in total. The summed E-state index contributed by atoms with van der Waals surface area (Å²) in [6.07, 6.45) is -0.169. The summed E-state index contributed by atoms with van der Waals surface area (Å²) in [6.45, 7) is 15.6. The van der Waals surface area contributed by atoms with Gasteiger partial charge < -0.3 is 20.3 Å². The van der Waals surface area contributed by atoms with E-state index >= 15 is 0 Å². The zero-order chi connectivity index (χ0) is 25.5. The van der Waals surface area contributed by atoms with Crippen molar-refractivity contribution in [1.29, 1.82) is 5.26 Å². The van der Waals surface area contributed by atoms with E-state index < -0.39 is 0 Å². The smallest absolute Gasteiger partial charge is 0.255 e. The number of hydrogen-bond donors (Lipinski definition) is 2. The number of hydrogen-bond acceptors (Lipinski definition) is 7. The summed E-state index contributed by atoms with van der Waals surface area (Å²) in [4.78, 5) is 24.9. The number of amides is 1. The summed E-state index contributed by atoms with van der Waals surface area (Å²) in [5, 5.41) is 16.1. The third kappa shape index (κ3) is 4.55. The Morgan fingerprint density at radius 1 is 1.17 bits per heavy atom. The average Bonchev–Trinajstić information content (AvgIpc) is 2.81. The maximum Gasteiger partial charge on any atom is 0.255 e. The van der Waals surface area contributed by atoms with Gasteiger partial charge in [-0.1, -0.05) is 39.3 Å².